The van der Waals surface area contributed by atoms with Crippen molar-refractivity contribution >= 4 is 23.2 Å². The van der Waals surface area contributed by atoms with Crippen molar-refractivity contribution in [2.24, 2.45) is 5.10 Å². The van der Waals surface area contributed by atoms with E-state index < -0.39 is 0 Å². The topological polar surface area (TPSA) is 62.3 Å². The van der Waals surface area contributed by atoms with E-state index in [4.69, 9.17) is 4.74 Å². The molecule has 0 fully saturated rings. The van der Waals surface area contributed by atoms with Gasteiger partial charge in [-0.3, -0.25) is 0 Å². The number of hydrazone groups is 1. The van der Waals surface area contributed by atoms with E-state index >= 15 is 0 Å². The first kappa shape index (κ1) is 15.1. The van der Waals surface area contributed by atoms with Gasteiger partial charge >= 0.3 is 0 Å². The highest BCUT2D eigenvalue weighted by Crippen LogP contribution is 2.16. The lowest BCUT2D eigenvalue weighted by Crippen LogP contribution is -1.95. The van der Waals surface area contributed by atoms with E-state index in [0.717, 1.165) is 35.4 Å². The number of hydrogen-bond acceptors (Lipinski definition) is 4. The molecule has 0 unspecified atom stereocenters. The summed E-state index contributed by atoms with van der Waals surface area (Å²) in [6.07, 6.45) is 2.76. The summed E-state index contributed by atoms with van der Waals surface area (Å²) in [6, 6.07) is 13.9. The first-order valence-corrected chi connectivity index (χ1v) is 7.73. The summed E-state index contributed by atoms with van der Waals surface area (Å²) in [5, 5.41) is 4.21. The smallest absolute Gasteiger partial charge is 0.222 e. The zero-order valence-corrected chi connectivity index (χ0v) is 13.3. The van der Waals surface area contributed by atoms with Crippen LogP contribution in [0.4, 0.5) is 5.95 Å². The molecule has 0 spiro atoms. The molecule has 0 atom stereocenters. The Morgan fingerprint density at radius 3 is 2.83 bits per heavy atom. The molecular formula is C18H20N4O. The van der Waals surface area contributed by atoms with Gasteiger partial charge in [-0.15, -0.1) is 0 Å². The van der Waals surface area contributed by atoms with E-state index in [1.54, 1.807) is 6.21 Å². The zero-order valence-electron chi connectivity index (χ0n) is 13.3. The number of ether oxygens (including phenoxy) is 1. The number of hydrogen-bond donors (Lipinski definition) is 2. The van der Waals surface area contributed by atoms with Crippen LogP contribution in [0.1, 0.15) is 24.5 Å². The standard InChI is InChI=1S/C18H20N4O/c1-3-10-23-15-7-5-14(6-8-15)12-19-22-18-20-16-9-4-13(2)11-17(16)21-18/h4-9,11-12H,3,10H2,1-2H3,(H2,20,21,22)/b19-12-. The Hall–Kier alpha value is -2.82. The van der Waals surface area contributed by atoms with Gasteiger partial charge in [-0.1, -0.05) is 13.0 Å². The predicted octanol–water partition coefficient (Wildman–Crippen LogP) is 4.11. The third-order valence-electron chi connectivity index (χ3n) is 3.37. The number of aromatic amines is 1. The lowest BCUT2D eigenvalue weighted by molar-refractivity contribution is 0.317. The molecule has 2 aromatic carbocycles. The van der Waals surface area contributed by atoms with Crippen molar-refractivity contribution < 1.29 is 4.74 Å². The summed E-state index contributed by atoms with van der Waals surface area (Å²) in [4.78, 5) is 7.63. The number of aryl methyl sites for hydroxylation is 1. The summed E-state index contributed by atoms with van der Waals surface area (Å²) in [6.45, 7) is 4.88. The van der Waals surface area contributed by atoms with Crippen molar-refractivity contribution in [1.29, 1.82) is 0 Å². The number of nitrogens with one attached hydrogen (secondary N) is 2. The minimum Gasteiger partial charge on any atom is -0.494 e. The molecule has 0 saturated carbocycles. The van der Waals surface area contributed by atoms with E-state index in [-0.39, 0.29) is 0 Å². The Bertz CT molecular complexity index is 806. The van der Waals surface area contributed by atoms with Gasteiger partial charge in [0, 0.05) is 0 Å². The van der Waals surface area contributed by atoms with Gasteiger partial charge in [0.25, 0.3) is 0 Å². The van der Waals surface area contributed by atoms with Gasteiger partial charge in [-0.2, -0.15) is 5.10 Å². The molecule has 0 aliphatic heterocycles. The lowest BCUT2D eigenvalue weighted by Gasteiger charge is -2.03. The molecule has 3 rings (SSSR count). The molecule has 5 nitrogen and oxygen atoms in total. The molecule has 0 radical (unpaired) electrons. The summed E-state index contributed by atoms with van der Waals surface area (Å²) in [7, 11) is 0. The van der Waals surface area contributed by atoms with Crippen LogP contribution in [0.2, 0.25) is 0 Å². The lowest BCUT2D eigenvalue weighted by atomic mass is 10.2. The second-order valence-corrected chi connectivity index (χ2v) is 5.39. The SMILES string of the molecule is CCCOc1ccc(/C=N\Nc2nc3ccc(C)cc3[nH]2)cc1. The molecule has 1 aromatic heterocycles. The molecular weight excluding hydrogens is 288 g/mol. The Kier molecular flexibility index (Phi) is 4.57. The zero-order chi connectivity index (χ0) is 16.1. The molecule has 1 heterocycles. The van der Waals surface area contributed by atoms with Crippen LogP contribution < -0.4 is 10.2 Å². The molecule has 0 bridgehead atoms. The van der Waals surface area contributed by atoms with E-state index in [1.807, 2.05) is 36.4 Å². The van der Waals surface area contributed by atoms with E-state index in [2.05, 4.69) is 40.4 Å². The third-order valence-corrected chi connectivity index (χ3v) is 3.37. The van der Waals surface area contributed by atoms with Gasteiger partial charge in [0.1, 0.15) is 5.75 Å². The normalized spacial score (nSPS) is 11.2. The molecule has 23 heavy (non-hydrogen) atoms. The highest BCUT2D eigenvalue weighted by molar-refractivity contribution is 5.81. The number of anilines is 1. The van der Waals surface area contributed by atoms with Crippen LogP contribution in [0.25, 0.3) is 11.0 Å². The van der Waals surface area contributed by atoms with Crippen LogP contribution in [-0.4, -0.2) is 22.8 Å². The van der Waals surface area contributed by atoms with Gasteiger partial charge in [0.2, 0.25) is 5.95 Å². The molecule has 2 N–H and O–H groups in total. The summed E-state index contributed by atoms with van der Waals surface area (Å²) >= 11 is 0. The average Bonchev–Trinajstić information content (AvgIpc) is 2.96. The Morgan fingerprint density at radius 2 is 2.04 bits per heavy atom. The van der Waals surface area contributed by atoms with Crippen molar-refractivity contribution in [2.45, 2.75) is 20.3 Å². The van der Waals surface area contributed by atoms with Gasteiger partial charge < -0.3 is 9.72 Å². The van der Waals surface area contributed by atoms with E-state index in [9.17, 15) is 0 Å². The summed E-state index contributed by atoms with van der Waals surface area (Å²) in [5.74, 6) is 1.51. The van der Waals surface area contributed by atoms with Gasteiger partial charge in [-0.25, -0.2) is 10.4 Å². The van der Waals surface area contributed by atoms with Crippen molar-refractivity contribution in [1.82, 2.24) is 9.97 Å². The number of fused-ring (bicyclic) bond motifs is 1. The van der Waals surface area contributed by atoms with Crippen LogP contribution in [-0.2, 0) is 0 Å². The van der Waals surface area contributed by atoms with Crippen LogP contribution >= 0.6 is 0 Å². The third kappa shape index (κ3) is 3.88. The molecule has 3 aromatic rings. The summed E-state index contributed by atoms with van der Waals surface area (Å²) in [5.41, 5.74) is 7.03. The largest absolute Gasteiger partial charge is 0.494 e. The van der Waals surface area contributed by atoms with Crippen LogP contribution in [0.5, 0.6) is 5.75 Å². The maximum Gasteiger partial charge on any atom is 0.222 e. The van der Waals surface area contributed by atoms with Crippen LogP contribution in [0.15, 0.2) is 47.6 Å². The minimum atomic E-state index is 0.629. The number of imidazole rings is 1. The molecule has 0 amide bonds. The first-order chi connectivity index (χ1) is 11.2. The first-order valence-electron chi connectivity index (χ1n) is 7.73. The minimum absolute atomic E-state index is 0.629. The highest BCUT2D eigenvalue weighted by Gasteiger charge is 2.01. The molecule has 5 heteroatoms. The van der Waals surface area contributed by atoms with Crippen molar-refractivity contribution in [3.8, 4) is 5.75 Å². The fraction of sp³-hybridized carbons (Fsp3) is 0.222. The quantitative estimate of drug-likeness (QED) is 0.532. The number of aromatic nitrogens is 2. The number of rotatable bonds is 6. The monoisotopic (exact) mass is 308 g/mol. The highest BCUT2D eigenvalue weighted by atomic mass is 16.5. The Balaban J connectivity index is 1.63. The van der Waals surface area contributed by atoms with Crippen molar-refractivity contribution in [3.05, 3.63) is 53.6 Å². The van der Waals surface area contributed by atoms with E-state index in [0.29, 0.717) is 5.95 Å². The number of benzene rings is 2. The molecule has 0 aliphatic carbocycles. The number of nitrogens with zero attached hydrogens (tertiary/aromatic N) is 2. The second-order valence-electron chi connectivity index (χ2n) is 5.39. The van der Waals surface area contributed by atoms with E-state index in [1.165, 1.54) is 5.56 Å². The Labute approximate surface area is 135 Å². The summed E-state index contributed by atoms with van der Waals surface area (Å²) < 4.78 is 5.55. The Morgan fingerprint density at radius 1 is 1.22 bits per heavy atom. The number of H-pyrrole nitrogens is 1. The predicted molar refractivity (Wildman–Crippen MR) is 94.3 cm³/mol. The molecule has 118 valence electrons. The van der Waals surface area contributed by atoms with Gasteiger partial charge in [0.05, 0.1) is 23.9 Å². The fourth-order valence-electron chi connectivity index (χ4n) is 2.21. The molecule has 0 aliphatic rings. The maximum absolute atomic E-state index is 5.55. The van der Waals surface area contributed by atoms with Crippen molar-refractivity contribution in [2.75, 3.05) is 12.0 Å². The molecule has 0 saturated heterocycles. The second kappa shape index (κ2) is 6.96. The van der Waals surface area contributed by atoms with Gasteiger partial charge in [-0.05, 0) is 60.9 Å². The van der Waals surface area contributed by atoms with Gasteiger partial charge in [0.15, 0.2) is 0 Å². The maximum atomic E-state index is 5.55. The fourth-order valence-corrected chi connectivity index (χ4v) is 2.21. The van der Waals surface area contributed by atoms with Crippen LogP contribution in [0, 0.1) is 6.92 Å². The van der Waals surface area contributed by atoms with Crippen LogP contribution in [0.3, 0.4) is 0 Å². The average molecular weight is 308 g/mol. The van der Waals surface area contributed by atoms with Crippen molar-refractivity contribution in [3.63, 3.8) is 0 Å².